The zero-order valence-electron chi connectivity index (χ0n) is 28.6. The fourth-order valence-corrected chi connectivity index (χ4v) is 9.97. The van der Waals surface area contributed by atoms with Crippen molar-refractivity contribution in [2.75, 3.05) is 13.2 Å². The molecular formula is C34H51ClN2O12. The third-order valence-corrected chi connectivity index (χ3v) is 11.7. The first-order valence-corrected chi connectivity index (χ1v) is 17.9. The standard InChI is InChI=1S/C17H25NO6.C14H21NO4.C3H5ClO2/c1-3-23-17(22)18-10-4-5-11-9(6-10)7-12-13(14(11)15(19)20)8(2)24-16(12)21;1-6-11-10(14(18)19-6)5-7-4-8(15)2-3-9(7)12(11)13(16)17;1-2-6-3(4)5/h8-14H,3-7H2,1-2H3,(H,18,22)(H,19,20);6-12H,2-5,15H2,1H3,(H,16,17);2H2,1H3/t8-,9+,10-,11-,12-,13-,14+;6-,7+,8?,9-,10-,11-,12+;/m11./s1. The summed E-state index contributed by atoms with van der Waals surface area (Å²) in [6.07, 6.45) is 5.16. The summed E-state index contributed by atoms with van der Waals surface area (Å²) in [4.78, 5) is 68.8. The highest BCUT2D eigenvalue weighted by Crippen LogP contribution is 2.54. The Labute approximate surface area is 291 Å². The molecule has 15 heteroatoms. The van der Waals surface area contributed by atoms with Crippen molar-refractivity contribution in [3.63, 3.8) is 0 Å². The summed E-state index contributed by atoms with van der Waals surface area (Å²) in [5, 5.41) is 22.2. The molecule has 49 heavy (non-hydrogen) atoms. The van der Waals surface area contributed by atoms with Crippen LogP contribution in [-0.2, 0) is 38.1 Å². The van der Waals surface area contributed by atoms with Gasteiger partial charge in [0.15, 0.2) is 0 Å². The molecule has 0 spiro atoms. The molecule has 0 bridgehead atoms. The Bertz CT molecular complexity index is 1250. The van der Waals surface area contributed by atoms with Crippen molar-refractivity contribution < 1.29 is 57.9 Å². The zero-order chi connectivity index (χ0) is 36.2. The minimum atomic E-state index is -0.832. The second-order valence-corrected chi connectivity index (χ2v) is 14.6. The molecule has 2 heterocycles. The molecule has 6 fully saturated rings. The molecule has 1 unspecified atom stereocenters. The Morgan fingerprint density at radius 1 is 0.776 bits per heavy atom. The van der Waals surface area contributed by atoms with Gasteiger partial charge in [-0.15, -0.1) is 0 Å². The van der Waals surface area contributed by atoms with E-state index in [0.29, 0.717) is 26.1 Å². The molecule has 2 aliphatic heterocycles. The lowest BCUT2D eigenvalue weighted by Crippen LogP contribution is -2.51. The number of carboxylic acid groups (broad SMARTS) is 2. The van der Waals surface area contributed by atoms with Crippen LogP contribution in [0.25, 0.3) is 0 Å². The quantitative estimate of drug-likeness (QED) is 0.179. The number of halogens is 1. The van der Waals surface area contributed by atoms with Gasteiger partial charge in [-0.25, -0.2) is 9.59 Å². The van der Waals surface area contributed by atoms with E-state index < -0.39 is 35.3 Å². The van der Waals surface area contributed by atoms with E-state index in [2.05, 4.69) is 10.1 Å². The van der Waals surface area contributed by atoms with Crippen LogP contribution in [0, 0.1) is 59.2 Å². The fraction of sp³-hybridized carbons (Fsp3) is 0.824. The maximum Gasteiger partial charge on any atom is 0.407 e. The molecule has 276 valence electrons. The average molecular weight is 715 g/mol. The fourth-order valence-electron chi connectivity index (χ4n) is 9.86. The Morgan fingerprint density at radius 3 is 1.67 bits per heavy atom. The summed E-state index contributed by atoms with van der Waals surface area (Å²) < 4.78 is 19.7. The van der Waals surface area contributed by atoms with Gasteiger partial charge < -0.3 is 40.2 Å². The highest BCUT2D eigenvalue weighted by Gasteiger charge is 2.59. The average Bonchev–Trinajstić information content (AvgIpc) is 3.46. The number of cyclic esters (lactones) is 2. The van der Waals surface area contributed by atoms with E-state index >= 15 is 0 Å². The van der Waals surface area contributed by atoms with Crippen LogP contribution in [0.4, 0.5) is 9.59 Å². The van der Waals surface area contributed by atoms with Crippen molar-refractivity contribution in [3.8, 4) is 0 Å². The smallest absolute Gasteiger partial charge is 0.407 e. The molecule has 1 amide bonds. The second-order valence-electron chi connectivity index (χ2n) is 14.3. The summed E-state index contributed by atoms with van der Waals surface area (Å²) in [5.74, 6) is -3.42. The number of nitrogens with two attached hydrogens (primary N) is 1. The lowest BCUT2D eigenvalue weighted by Gasteiger charge is -2.46. The molecule has 2 saturated heterocycles. The van der Waals surface area contributed by atoms with Gasteiger partial charge in [-0.1, -0.05) is 0 Å². The summed E-state index contributed by atoms with van der Waals surface area (Å²) >= 11 is 4.72. The molecule has 0 aromatic carbocycles. The summed E-state index contributed by atoms with van der Waals surface area (Å²) in [6.45, 7) is 7.74. The van der Waals surface area contributed by atoms with E-state index in [-0.39, 0.29) is 83.6 Å². The van der Waals surface area contributed by atoms with E-state index in [0.717, 1.165) is 38.5 Å². The topological polar surface area (TPSA) is 218 Å². The number of carboxylic acids is 2. The predicted molar refractivity (Wildman–Crippen MR) is 173 cm³/mol. The van der Waals surface area contributed by atoms with Crippen LogP contribution in [0.5, 0.6) is 0 Å². The normalized spacial score (nSPS) is 40.0. The number of esters is 2. The first-order valence-electron chi connectivity index (χ1n) is 17.6. The molecule has 6 aliphatic rings. The molecule has 0 radical (unpaired) electrons. The Hall–Kier alpha value is -3.13. The van der Waals surface area contributed by atoms with E-state index in [1.54, 1.807) is 20.8 Å². The van der Waals surface area contributed by atoms with Gasteiger partial charge in [-0.3, -0.25) is 19.2 Å². The van der Waals surface area contributed by atoms with Crippen LogP contribution in [0.3, 0.4) is 0 Å². The third-order valence-electron chi connectivity index (χ3n) is 11.6. The van der Waals surface area contributed by atoms with Crippen LogP contribution < -0.4 is 11.1 Å². The Kier molecular flexibility index (Phi) is 13.2. The number of carbonyl (C=O) groups excluding carboxylic acids is 4. The highest BCUT2D eigenvalue weighted by molar-refractivity contribution is 6.61. The number of aliphatic carboxylic acids is 2. The summed E-state index contributed by atoms with van der Waals surface area (Å²) in [5.41, 5.74) is 5.26. The van der Waals surface area contributed by atoms with Gasteiger partial charge >= 0.3 is 35.4 Å². The largest absolute Gasteiger partial charge is 0.481 e. The minimum absolute atomic E-state index is 0.0221. The van der Waals surface area contributed by atoms with E-state index in [9.17, 15) is 39.0 Å². The second kappa shape index (κ2) is 16.7. The van der Waals surface area contributed by atoms with Crippen molar-refractivity contribution >= 4 is 47.0 Å². The monoisotopic (exact) mass is 714 g/mol. The van der Waals surface area contributed by atoms with Gasteiger partial charge in [0, 0.05) is 35.5 Å². The van der Waals surface area contributed by atoms with Crippen LogP contribution >= 0.6 is 11.6 Å². The molecule has 6 rings (SSSR count). The molecule has 0 aromatic heterocycles. The van der Waals surface area contributed by atoms with Crippen molar-refractivity contribution in [2.24, 2.45) is 64.9 Å². The minimum Gasteiger partial charge on any atom is -0.481 e. The molecule has 4 saturated carbocycles. The van der Waals surface area contributed by atoms with Gasteiger partial charge in [0.25, 0.3) is 0 Å². The van der Waals surface area contributed by atoms with Gasteiger partial charge in [-0.2, -0.15) is 0 Å². The van der Waals surface area contributed by atoms with Crippen molar-refractivity contribution in [1.29, 1.82) is 0 Å². The van der Waals surface area contributed by atoms with Gasteiger partial charge in [0.1, 0.15) is 12.2 Å². The van der Waals surface area contributed by atoms with Crippen molar-refractivity contribution in [3.05, 3.63) is 0 Å². The maximum absolute atomic E-state index is 12.1. The van der Waals surface area contributed by atoms with Crippen LogP contribution in [-0.4, -0.2) is 83.1 Å². The highest BCUT2D eigenvalue weighted by atomic mass is 35.5. The molecule has 5 N–H and O–H groups in total. The number of hydrogen-bond donors (Lipinski definition) is 4. The van der Waals surface area contributed by atoms with Crippen molar-refractivity contribution in [1.82, 2.24) is 5.32 Å². The number of ether oxygens (including phenoxy) is 4. The predicted octanol–water partition coefficient (Wildman–Crippen LogP) is 4.19. The molecule has 14 nitrogen and oxygen atoms in total. The SMILES string of the molecule is CCOC(=O)Cl.CCOC(=O)N[C@@H]1CC[C@@H]2[C@@H](C1)C[C@H]1C(=O)O[C@H](C)[C@H]1[C@H]2C(=O)O.C[C@H]1OC(=O)[C@@H]2C[C@@H]3CC(N)CC[C@H]3[C@H](C(=O)O)[C@H]12. The lowest BCUT2D eigenvalue weighted by atomic mass is 9.57. The number of carbonyl (C=O) groups is 6. The summed E-state index contributed by atoms with van der Waals surface area (Å²) in [7, 11) is 0. The molecule has 14 atom stereocenters. The number of nitrogens with one attached hydrogen (secondary N) is 1. The van der Waals surface area contributed by atoms with Crippen LogP contribution in [0.15, 0.2) is 0 Å². The number of hydrogen-bond acceptors (Lipinski definition) is 11. The summed E-state index contributed by atoms with van der Waals surface area (Å²) in [6, 6.07) is 0.133. The zero-order valence-corrected chi connectivity index (χ0v) is 29.3. The number of fused-ring (bicyclic) bond motifs is 4. The molecule has 4 aliphatic carbocycles. The Morgan fingerprint density at radius 2 is 1.24 bits per heavy atom. The molecular weight excluding hydrogens is 664 g/mol. The van der Waals surface area contributed by atoms with E-state index in [1.165, 1.54) is 0 Å². The molecule has 0 aromatic rings. The maximum atomic E-state index is 12.1. The third kappa shape index (κ3) is 8.79. The number of alkyl carbamates (subject to hydrolysis) is 1. The first-order chi connectivity index (χ1) is 23.2. The number of rotatable bonds is 5. The first kappa shape index (κ1) is 38.7. The lowest BCUT2D eigenvalue weighted by molar-refractivity contribution is -0.154. The van der Waals surface area contributed by atoms with E-state index in [4.69, 9.17) is 31.5 Å². The Balaban J connectivity index is 0.000000193. The van der Waals surface area contributed by atoms with Gasteiger partial charge in [0.2, 0.25) is 0 Å². The van der Waals surface area contributed by atoms with E-state index in [1.807, 2.05) is 6.92 Å². The van der Waals surface area contributed by atoms with Crippen LogP contribution in [0.2, 0.25) is 0 Å². The van der Waals surface area contributed by atoms with Gasteiger partial charge in [0.05, 0.1) is 36.9 Å². The van der Waals surface area contributed by atoms with Crippen LogP contribution in [0.1, 0.15) is 79.1 Å². The number of amides is 1. The van der Waals surface area contributed by atoms with Gasteiger partial charge in [-0.05, 0) is 103 Å². The van der Waals surface area contributed by atoms with Crippen molar-refractivity contribution in [2.45, 2.75) is 103 Å².